The van der Waals surface area contributed by atoms with Gasteiger partial charge in [0.05, 0.1) is 12.9 Å². The molecule has 3 rings (SSSR count). The Balaban J connectivity index is 2.38. The number of fused-ring (bicyclic) bond motifs is 3. The molecule has 0 aliphatic rings. The Bertz CT molecular complexity index is 849. The Morgan fingerprint density at radius 2 is 2.26 bits per heavy atom. The maximum atomic E-state index is 10.6. The lowest BCUT2D eigenvalue weighted by Crippen LogP contribution is -2.05. The van der Waals surface area contributed by atoms with Crippen LogP contribution >= 0.6 is 0 Å². The number of carbonyl (C=O) groups excluding carboxylic acids is 1. The minimum Gasteiger partial charge on any atom is -0.368 e. The van der Waals surface area contributed by atoms with Gasteiger partial charge in [-0.1, -0.05) is 5.92 Å². The topological polar surface area (TPSA) is 104 Å². The molecule has 0 atom stereocenters. The highest BCUT2D eigenvalue weighted by atomic mass is 16.1. The average Bonchev–Trinajstić information content (AvgIpc) is 2.96. The molecule has 94 valence electrons. The van der Waals surface area contributed by atoms with E-state index in [1.165, 1.54) is 10.8 Å². The molecule has 3 aromatic rings. The molecule has 0 aliphatic heterocycles. The fourth-order valence-electron chi connectivity index (χ4n) is 1.81. The highest BCUT2D eigenvalue weighted by Crippen LogP contribution is 2.17. The van der Waals surface area contributed by atoms with E-state index < -0.39 is 0 Å². The second kappa shape index (κ2) is 4.06. The summed E-state index contributed by atoms with van der Waals surface area (Å²) in [4.78, 5) is 23.2. The first-order valence-electron chi connectivity index (χ1n) is 5.48. The van der Waals surface area contributed by atoms with Crippen LogP contribution in [0.4, 0.5) is 5.95 Å². The Morgan fingerprint density at radius 1 is 1.42 bits per heavy atom. The van der Waals surface area contributed by atoms with Gasteiger partial charge in [0.1, 0.15) is 6.29 Å². The fraction of sp³-hybridized carbons (Fsp3) is 0.182. The molecule has 0 saturated heterocycles. The van der Waals surface area contributed by atoms with E-state index in [-0.39, 0.29) is 12.5 Å². The number of hydrogen-bond acceptors (Lipinski definition) is 6. The number of rotatable bonds is 2. The summed E-state index contributed by atoms with van der Waals surface area (Å²) in [6.45, 7) is 1.86. The molecule has 0 fully saturated rings. The minimum atomic E-state index is 0.162. The number of anilines is 1. The van der Waals surface area contributed by atoms with Crippen molar-refractivity contribution in [2.45, 2.75) is 13.5 Å². The van der Waals surface area contributed by atoms with E-state index in [4.69, 9.17) is 5.73 Å². The first kappa shape index (κ1) is 11.2. The number of aromatic nitrogens is 6. The van der Waals surface area contributed by atoms with Crippen molar-refractivity contribution in [2.75, 3.05) is 5.73 Å². The second-order valence-electron chi connectivity index (χ2n) is 3.75. The fourth-order valence-corrected chi connectivity index (χ4v) is 1.81. The molecule has 0 unspecified atom stereocenters. The number of imidazole rings is 1. The zero-order chi connectivity index (χ0) is 13.4. The first-order chi connectivity index (χ1) is 9.24. The SMILES string of the molecule is CC#Cc1nc2c3ncn(CC=O)c3nc(N)n2n1. The van der Waals surface area contributed by atoms with Crippen LogP contribution in [0.25, 0.3) is 16.8 Å². The largest absolute Gasteiger partial charge is 0.368 e. The predicted octanol–water partition coefficient (Wildman–Crippen LogP) is -0.374. The zero-order valence-corrected chi connectivity index (χ0v) is 10.0. The average molecular weight is 255 g/mol. The quantitative estimate of drug-likeness (QED) is 0.494. The molecule has 0 saturated carbocycles. The summed E-state index contributed by atoms with van der Waals surface area (Å²) in [6, 6.07) is 0. The maximum absolute atomic E-state index is 10.6. The molecule has 0 spiro atoms. The Hall–Kier alpha value is -2.95. The third-order valence-corrected chi connectivity index (χ3v) is 2.57. The standard InChI is InChI=1S/C11H9N7O/c1-2-3-7-14-10-8-9(15-11(12)18(10)16-7)17(4-5-19)6-13-8/h5-6H,4H2,1H3,(H2,12,15). The van der Waals surface area contributed by atoms with Crippen molar-refractivity contribution in [3.8, 4) is 11.8 Å². The third-order valence-electron chi connectivity index (χ3n) is 2.57. The van der Waals surface area contributed by atoms with Gasteiger partial charge in [0.25, 0.3) is 0 Å². The van der Waals surface area contributed by atoms with E-state index in [1.54, 1.807) is 11.5 Å². The Labute approximate surface area is 107 Å². The lowest BCUT2D eigenvalue weighted by Gasteiger charge is -2.00. The normalized spacial score (nSPS) is 10.6. The van der Waals surface area contributed by atoms with Crippen LogP contribution in [0.5, 0.6) is 0 Å². The molecule has 0 amide bonds. The molecule has 0 aromatic carbocycles. The van der Waals surface area contributed by atoms with Crippen LogP contribution in [-0.4, -0.2) is 35.4 Å². The van der Waals surface area contributed by atoms with Gasteiger partial charge in [0.2, 0.25) is 11.8 Å². The molecule has 0 bridgehead atoms. The van der Waals surface area contributed by atoms with Crippen LogP contribution in [0.15, 0.2) is 6.33 Å². The summed E-state index contributed by atoms with van der Waals surface area (Å²) in [5, 5.41) is 4.13. The van der Waals surface area contributed by atoms with Gasteiger partial charge in [-0.15, -0.1) is 5.10 Å². The summed E-state index contributed by atoms with van der Waals surface area (Å²) in [6.07, 6.45) is 2.28. The summed E-state index contributed by atoms with van der Waals surface area (Å²) >= 11 is 0. The minimum absolute atomic E-state index is 0.162. The molecule has 3 heterocycles. The summed E-state index contributed by atoms with van der Waals surface area (Å²) < 4.78 is 2.98. The number of nitrogen functional groups attached to an aromatic ring is 1. The smallest absolute Gasteiger partial charge is 0.226 e. The molecule has 3 aromatic heterocycles. The van der Waals surface area contributed by atoms with E-state index in [0.29, 0.717) is 22.6 Å². The lowest BCUT2D eigenvalue weighted by atomic mass is 10.5. The van der Waals surface area contributed by atoms with Crippen molar-refractivity contribution in [1.29, 1.82) is 0 Å². The third kappa shape index (κ3) is 1.60. The van der Waals surface area contributed by atoms with E-state index >= 15 is 0 Å². The molecule has 8 heteroatoms. The Morgan fingerprint density at radius 3 is 3.00 bits per heavy atom. The molecule has 0 aliphatic carbocycles. The van der Waals surface area contributed by atoms with Gasteiger partial charge >= 0.3 is 0 Å². The highest BCUT2D eigenvalue weighted by molar-refractivity contribution is 5.87. The van der Waals surface area contributed by atoms with Crippen molar-refractivity contribution >= 4 is 29.0 Å². The van der Waals surface area contributed by atoms with Crippen molar-refractivity contribution < 1.29 is 4.79 Å². The maximum Gasteiger partial charge on any atom is 0.226 e. The van der Waals surface area contributed by atoms with E-state index in [0.717, 1.165) is 6.29 Å². The molecule has 2 N–H and O–H groups in total. The van der Waals surface area contributed by atoms with Crippen molar-refractivity contribution in [1.82, 2.24) is 29.1 Å². The summed E-state index contributed by atoms with van der Waals surface area (Å²) in [7, 11) is 0. The van der Waals surface area contributed by atoms with Gasteiger partial charge in [0.15, 0.2) is 16.8 Å². The van der Waals surface area contributed by atoms with Crippen LogP contribution in [-0.2, 0) is 11.3 Å². The van der Waals surface area contributed by atoms with Gasteiger partial charge < -0.3 is 15.1 Å². The van der Waals surface area contributed by atoms with E-state index in [1.807, 2.05) is 0 Å². The van der Waals surface area contributed by atoms with Gasteiger partial charge in [-0.3, -0.25) is 0 Å². The molecular weight excluding hydrogens is 246 g/mol. The van der Waals surface area contributed by atoms with Crippen molar-refractivity contribution in [2.24, 2.45) is 0 Å². The van der Waals surface area contributed by atoms with Crippen LogP contribution < -0.4 is 5.73 Å². The van der Waals surface area contributed by atoms with Crippen LogP contribution in [0.3, 0.4) is 0 Å². The number of hydrogen-bond donors (Lipinski definition) is 1. The number of nitrogens with zero attached hydrogens (tertiary/aromatic N) is 6. The summed E-state index contributed by atoms with van der Waals surface area (Å²) in [5.41, 5.74) is 7.34. The van der Waals surface area contributed by atoms with Gasteiger partial charge in [-0.05, 0) is 12.8 Å². The molecule has 19 heavy (non-hydrogen) atoms. The van der Waals surface area contributed by atoms with Gasteiger partial charge in [-0.2, -0.15) is 14.5 Å². The van der Waals surface area contributed by atoms with Gasteiger partial charge in [0, 0.05) is 0 Å². The van der Waals surface area contributed by atoms with Crippen LogP contribution in [0.1, 0.15) is 12.7 Å². The van der Waals surface area contributed by atoms with Gasteiger partial charge in [-0.25, -0.2) is 4.98 Å². The van der Waals surface area contributed by atoms with Crippen molar-refractivity contribution in [3.63, 3.8) is 0 Å². The monoisotopic (exact) mass is 255 g/mol. The molecule has 0 radical (unpaired) electrons. The van der Waals surface area contributed by atoms with E-state index in [2.05, 4.69) is 31.9 Å². The first-order valence-corrected chi connectivity index (χ1v) is 5.48. The number of nitrogens with two attached hydrogens (primary N) is 1. The summed E-state index contributed by atoms with van der Waals surface area (Å²) in [5.74, 6) is 6.00. The zero-order valence-electron chi connectivity index (χ0n) is 10.0. The predicted molar refractivity (Wildman–Crippen MR) is 67.1 cm³/mol. The second-order valence-corrected chi connectivity index (χ2v) is 3.75. The number of carbonyl (C=O) groups is 1. The van der Waals surface area contributed by atoms with Crippen LogP contribution in [0.2, 0.25) is 0 Å². The Kier molecular flexibility index (Phi) is 2.38. The lowest BCUT2D eigenvalue weighted by molar-refractivity contribution is -0.108. The number of aldehydes is 1. The molecular formula is C11H9N7O. The highest BCUT2D eigenvalue weighted by Gasteiger charge is 2.14. The van der Waals surface area contributed by atoms with E-state index in [9.17, 15) is 4.79 Å². The van der Waals surface area contributed by atoms with Crippen LogP contribution in [0, 0.1) is 11.8 Å². The van der Waals surface area contributed by atoms with Crippen molar-refractivity contribution in [3.05, 3.63) is 12.2 Å². The molecule has 8 nitrogen and oxygen atoms in total.